The summed E-state index contributed by atoms with van der Waals surface area (Å²) in [7, 11) is 0. The third-order valence-corrected chi connectivity index (χ3v) is 3.92. The summed E-state index contributed by atoms with van der Waals surface area (Å²) >= 11 is 1.68. The monoisotopic (exact) mass is 238 g/mol. The first-order valence-corrected chi connectivity index (χ1v) is 5.99. The maximum Gasteiger partial charge on any atom is 0.116 e. The lowest BCUT2D eigenvalue weighted by molar-refractivity contribution is 1.09. The van der Waals surface area contributed by atoms with Crippen molar-refractivity contribution in [2.24, 2.45) is 0 Å². The Morgan fingerprint density at radius 1 is 1.00 bits per heavy atom. The first-order valence-electron chi connectivity index (χ1n) is 5.17. The number of nitrogens with zero attached hydrogens (tertiary/aromatic N) is 4. The van der Waals surface area contributed by atoms with E-state index >= 15 is 0 Å². The van der Waals surface area contributed by atoms with Crippen LogP contribution in [0.25, 0.3) is 31.3 Å². The van der Waals surface area contributed by atoms with Crippen LogP contribution in [0.15, 0.2) is 36.8 Å². The molecule has 0 aliphatic carbocycles. The number of hydrogen-bond acceptors (Lipinski definition) is 5. The van der Waals surface area contributed by atoms with Gasteiger partial charge in [0, 0.05) is 11.6 Å². The largest absolute Gasteiger partial charge is 0.235 e. The quantitative estimate of drug-likeness (QED) is 0.472. The molecule has 5 heteroatoms. The molecule has 0 unspecified atom stereocenters. The van der Waals surface area contributed by atoms with Crippen LogP contribution in [0.4, 0.5) is 0 Å². The molecule has 1 aromatic carbocycles. The van der Waals surface area contributed by atoms with Gasteiger partial charge >= 0.3 is 0 Å². The van der Waals surface area contributed by atoms with E-state index in [1.165, 1.54) is 0 Å². The Kier molecular flexibility index (Phi) is 1.67. The van der Waals surface area contributed by atoms with Gasteiger partial charge in [0.25, 0.3) is 0 Å². The summed E-state index contributed by atoms with van der Waals surface area (Å²) in [6, 6.07) is 7.95. The van der Waals surface area contributed by atoms with Gasteiger partial charge in [-0.3, -0.25) is 0 Å². The molecule has 4 rings (SSSR count). The van der Waals surface area contributed by atoms with Gasteiger partial charge in [-0.2, -0.15) is 5.10 Å². The average Bonchev–Trinajstić information content (AvgIpc) is 2.87. The van der Waals surface area contributed by atoms with Crippen LogP contribution in [0.2, 0.25) is 0 Å². The zero-order valence-corrected chi connectivity index (χ0v) is 9.48. The van der Waals surface area contributed by atoms with Gasteiger partial charge in [-0.15, -0.1) is 16.4 Å². The lowest BCUT2D eigenvalue weighted by atomic mass is 10.2. The molecule has 0 aliphatic rings. The highest BCUT2D eigenvalue weighted by Crippen LogP contribution is 2.35. The van der Waals surface area contributed by atoms with Crippen LogP contribution in [0.3, 0.4) is 0 Å². The zero-order valence-electron chi connectivity index (χ0n) is 8.66. The molecule has 0 aliphatic heterocycles. The van der Waals surface area contributed by atoms with Gasteiger partial charge < -0.3 is 0 Å². The number of hydrogen-bond donors (Lipinski definition) is 0. The maximum atomic E-state index is 4.31. The maximum absolute atomic E-state index is 4.31. The van der Waals surface area contributed by atoms with Gasteiger partial charge in [0.1, 0.15) is 17.4 Å². The van der Waals surface area contributed by atoms with Crippen LogP contribution in [0.5, 0.6) is 0 Å². The molecule has 3 heterocycles. The van der Waals surface area contributed by atoms with Gasteiger partial charge in [-0.05, 0) is 24.3 Å². The molecular formula is C12H6N4S. The highest BCUT2D eigenvalue weighted by molar-refractivity contribution is 7.26. The molecule has 0 N–H and O–H groups in total. The summed E-state index contributed by atoms with van der Waals surface area (Å²) in [6.07, 6.45) is 3.29. The molecule has 0 amide bonds. The minimum Gasteiger partial charge on any atom is -0.235 e. The van der Waals surface area contributed by atoms with Crippen molar-refractivity contribution in [2.75, 3.05) is 0 Å². The first-order chi connectivity index (χ1) is 8.43. The Hall–Kier alpha value is -2.14. The van der Waals surface area contributed by atoms with E-state index in [1.54, 1.807) is 23.9 Å². The first kappa shape index (κ1) is 8.95. The minimum absolute atomic E-state index is 0.930. The molecule has 0 saturated carbocycles. The van der Waals surface area contributed by atoms with Crippen LogP contribution < -0.4 is 0 Å². The molecule has 3 aromatic heterocycles. The van der Waals surface area contributed by atoms with E-state index in [0.717, 1.165) is 31.3 Å². The molecule has 0 bridgehead atoms. The molecule has 0 radical (unpaired) electrons. The number of fused-ring (bicyclic) bond motifs is 5. The van der Waals surface area contributed by atoms with Crippen LogP contribution >= 0.6 is 11.3 Å². The topological polar surface area (TPSA) is 51.6 Å². The Bertz CT molecular complexity index is 853. The zero-order chi connectivity index (χ0) is 11.2. The predicted molar refractivity (Wildman–Crippen MR) is 68.0 cm³/mol. The van der Waals surface area contributed by atoms with Gasteiger partial charge in [-0.1, -0.05) is 0 Å². The Balaban J connectivity index is 2.35. The van der Waals surface area contributed by atoms with Crippen molar-refractivity contribution in [3.63, 3.8) is 0 Å². The van der Waals surface area contributed by atoms with Crippen LogP contribution in [0.1, 0.15) is 0 Å². The molecule has 4 aromatic rings. The SMILES string of the molecule is c1cnnc2c(c1)sc1c2ccc2ncnc21. The van der Waals surface area contributed by atoms with E-state index in [9.17, 15) is 0 Å². The van der Waals surface area contributed by atoms with Crippen molar-refractivity contribution in [3.8, 4) is 0 Å². The van der Waals surface area contributed by atoms with E-state index in [0.29, 0.717) is 0 Å². The smallest absolute Gasteiger partial charge is 0.116 e. The lowest BCUT2D eigenvalue weighted by Crippen LogP contribution is -1.73. The van der Waals surface area contributed by atoms with E-state index in [1.807, 2.05) is 24.3 Å². The van der Waals surface area contributed by atoms with Gasteiger partial charge in [-0.25, -0.2) is 9.97 Å². The summed E-state index contributed by atoms with van der Waals surface area (Å²) < 4.78 is 2.25. The predicted octanol–water partition coefficient (Wildman–Crippen LogP) is 2.79. The summed E-state index contributed by atoms with van der Waals surface area (Å²) in [4.78, 5) is 8.52. The molecule has 4 nitrogen and oxygen atoms in total. The number of rotatable bonds is 0. The second-order valence-corrected chi connectivity index (χ2v) is 4.77. The number of imidazole rings is 1. The van der Waals surface area contributed by atoms with Gasteiger partial charge in [0.05, 0.1) is 14.9 Å². The number of aromatic nitrogens is 4. The van der Waals surface area contributed by atoms with Crippen molar-refractivity contribution in [3.05, 3.63) is 36.8 Å². The van der Waals surface area contributed by atoms with Crippen molar-refractivity contribution in [2.45, 2.75) is 0 Å². The fourth-order valence-electron chi connectivity index (χ4n) is 2.00. The highest BCUT2D eigenvalue weighted by atomic mass is 32.1. The molecular weight excluding hydrogens is 232 g/mol. The van der Waals surface area contributed by atoms with Crippen molar-refractivity contribution in [1.82, 2.24) is 20.2 Å². The van der Waals surface area contributed by atoms with E-state index in [-0.39, 0.29) is 0 Å². The summed E-state index contributed by atoms with van der Waals surface area (Å²) in [5.41, 5.74) is 2.81. The Morgan fingerprint density at radius 2 is 2.00 bits per heavy atom. The summed E-state index contributed by atoms with van der Waals surface area (Å²) in [5.74, 6) is 0. The molecule has 0 atom stereocenters. The molecule has 17 heavy (non-hydrogen) atoms. The third-order valence-electron chi connectivity index (χ3n) is 2.75. The standard InChI is InChI=1S/C12H6N4S/c1-2-9-10(16-15-5-1)7-3-4-8-11(12(7)17-9)14-6-13-8/h1-6H. The molecule has 0 spiro atoms. The summed E-state index contributed by atoms with van der Waals surface area (Å²) in [5, 5.41) is 9.32. The normalized spacial score (nSPS) is 11.5. The fraction of sp³-hybridized carbons (Fsp3) is 0. The molecule has 0 fully saturated rings. The lowest BCUT2D eigenvalue weighted by Gasteiger charge is -1.89. The Morgan fingerprint density at radius 3 is 3.00 bits per heavy atom. The Labute approximate surface area is 100.0 Å². The third kappa shape index (κ3) is 1.17. The number of benzene rings is 1. The van der Waals surface area contributed by atoms with Crippen molar-refractivity contribution in [1.29, 1.82) is 0 Å². The van der Waals surface area contributed by atoms with Crippen LogP contribution in [-0.4, -0.2) is 20.2 Å². The summed E-state index contributed by atoms with van der Waals surface area (Å²) in [6.45, 7) is 0. The van der Waals surface area contributed by atoms with E-state index in [4.69, 9.17) is 0 Å². The number of thiophene rings is 1. The van der Waals surface area contributed by atoms with Gasteiger partial charge in [0.2, 0.25) is 0 Å². The van der Waals surface area contributed by atoms with Gasteiger partial charge in [0.15, 0.2) is 0 Å². The highest BCUT2D eigenvalue weighted by Gasteiger charge is 2.10. The van der Waals surface area contributed by atoms with Crippen molar-refractivity contribution < 1.29 is 0 Å². The molecule has 80 valence electrons. The van der Waals surface area contributed by atoms with Crippen molar-refractivity contribution >= 4 is 42.7 Å². The van der Waals surface area contributed by atoms with E-state index < -0.39 is 0 Å². The fourth-order valence-corrected chi connectivity index (χ4v) is 3.14. The second kappa shape index (κ2) is 3.18. The van der Waals surface area contributed by atoms with Crippen LogP contribution in [-0.2, 0) is 0 Å². The average molecular weight is 238 g/mol. The van der Waals surface area contributed by atoms with Crippen LogP contribution in [0, 0.1) is 0 Å². The second-order valence-electron chi connectivity index (χ2n) is 3.72. The molecule has 0 saturated heterocycles. The minimum atomic E-state index is 0.930. The van der Waals surface area contributed by atoms with E-state index in [2.05, 4.69) is 20.2 Å².